The molecule has 0 saturated heterocycles. The highest BCUT2D eigenvalue weighted by Crippen LogP contribution is 2.12. The van der Waals surface area contributed by atoms with E-state index in [1.165, 1.54) is 12.8 Å². The number of aromatic nitrogens is 3. The van der Waals surface area contributed by atoms with Crippen molar-refractivity contribution in [2.45, 2.75) is 33.1 Å². The number of hydrogen-bond acceptors (Lipinski definition) is 4. The third-order valence-corrected chi connectivity index (χ3v) is 3.30. The van der Waals surface area contributed by atoms with Crippen LogP contribution in [0.15, 0.2) is 29.4 Å². The van der Waals surface area contributed by atoms with Crippen molar-refractivity contribution in [3.05, 3.63) is 40.4 Å². The van der Waals surface area contributed by atoms with E-state index in [9.17, 15) is 0 Å². The first-order chi connectivity index (χ1) is 10.2. The van der Waals surface area contributed by atoms with Crippen LogP contribution in [-0.4, -0.2) is 27.7 Å². The second kappa shape index (κ2) is 7.73. The third-order valence-electron chi connectivity index (χ3n) is 3.03. The van der Waals surface area contributed by atoms with Crippen LogP contribution in [0.1, 0.15) is 37.6 Å². The Morgan fingerprint density at radius 2 is 2.10 bits per heavy atom. The Morgan fingerprint density at radius 3 is 2.71 bits per heavy atom. The van der Waals surface area contributed by atoms with Crippen molar-refractivity contribution < 1.29 is 4.74 Å². The number of aryl methyl sites for hydroxylation is 1. The minimum atomic E-state index is 0.486. The zero-order valence-electron chi connectivity index (χ0n) is 12.4. The average Bonchev–Trinajstić information content (AvgIpc) is 2.82. The van der Waals surface area contributed by atoms with Crippen LogP contribution in [0.2, 0.25) is 0 Å². The molecule has 2 rings (SSSR count). The fraction of sp³-hybridized carbons (Fsp3) is 0.400. The summed E-state index contributed by atoms with van der Waals surface area (Å²) in [6.45, 7) is 4.80. The summed E-state index contributed by atoms with van der Waals surface area (Å²) in [7, 11) is 0. The van der Waals surface area contributed by atoms with Crippen LogP contribution in [0.4, 0.5) is 0 Å². The third kappa shape index (κ3) is 4.53. The summed E-state index contributed by atoms with van der Waals surface area (Å²) in [6.07, 6.45) is 5.25. The summed E-state index contributed by atoms with van der Waals surface area (Å²) in [6, 6.07) is 7.85. The summed E-state index contributed by atoms with van der Waals surface area (Å²) in [5, 5.41) is 11.0. The lowest BCUT2D eigenvalue weighted by Gasteiger charge is -2.05. The summed E-state index contributed by atoms with van der Waals surface area (Å²) >= 11 is 5.09. The van der Waals surface area contributed by atoms with Crippen LogP contribution in [-0.2, 0) is 0 Å². The van der Waals surface area contributed by atoms with E-state index >= 15 is 0 Å². The molecule has 0 unspecified atom stereocenters. The normalized spacial score (nSPS) is 11.1. The van der Waals surface area contributed by atoms with Gasteiger partial charge in [-0.1, -0.05) is 19.8 Å². The van der Waals surface area contributed by atoms with Gasteiger partial charge in [0.05, 0.1) is 12.8 Å². The lowest BCUT2D eigenvalue weighted by atomic mass is 10.2. The molecule has 6 heteroatoms. The highest BCUT2D eigenvalue weighted by atomic mass is 32.1. The molecule has 0 atom stereocenters. The van der Waals surface area contributed by atoms with Gasteiger partial charge < -0.3 is 4.74 Å². The fourth-order valence-electron chi connectivity index (χ4n) is 1.82. The Hall–Kier alpha value is -1.95. The molecule has 0 radical (unpaired) electrons. The Labute approximate surface area is 129 Å². The van der Waals surface area contributed by atoms with Crippen molar-refractivity contribution in [3.63, 3.8) is 0 Å². The fourth-order valence-corrected chi connectivity index (χ4v) is 2.05. The molecule has 0 bridgehead atoms. The van der Waals surface area contributed by atoms with Gasteiger partial charge in [0.2, 0.25) is 4.77 Å². The van der Waals surface area contributed by atoms with Crippen LogP contribution in [0.25, 0.3) is 0 Å². The topological polar surface area (TPSA) is 55.2 Å². The zero-order valence-corrected chi connectivity index (χ0v) is 13.2. The summed E-state index contributed by atoms with van der Waals surface area (Å²) in [5.41, 5.74) is 0.985. The molecule has 21 heavy (non-hydrogen) atoms. The minimum Gasteiger partial charge on any atom is -0.494 e. The molecule has 112 valence electrons. The van der Waals surface area contributed by atoms with Crippen molar-refractivity contribution in [1.29, 1.82) is 0 Å². The zero-order chi connectivity index (χ0) is 15.1. The molecule has 1 aromatic carbocycles. The second-order valence-corrected chi connectivity index (χ2v) is 5.14. The first-order valence-electron chi connectivity index (χ1n) is 7.12. The van der Waals surface area contributed by atoms with Crippen molar-refractivity contribution >= 4 is 18.4 Å². The highest BCUT2D eigenvalue weighted by Gasteiger charge is 1.98. The lowest BCUT2D eigenvalue weighted by molar-refractivity contribution is 0.306. The van der Waals surface area contributed by atoms with Gasteiger partial charge in [0, 0.05) is 0 Å². The van der Waals surface area contributed by atoms with Crippen LogP contribution < -0.4 is 4.74 Å². The van der Waals surface area contributed by atoms with Gasteiger partial charge in [0.1, 0.15) is 11.6 Å². The monoisotopic (exact) mass is 304 g/mol. The number of nitrogens with one attached hydrogen (secondary N) is 1. The summed E-state index contributed by atoms with van der Waals surface area (Å²) < 4.78 is 7.74. The number of hydrogen-bond donors (Lipinski definition) is 1. The maximum atomic E-state index is 5.67. The summed E-state index contributed by atoms with van der Waals surface area (Å²) in [4.78, 5) is 0. The number of ether oxygens (including phenoxy) is 1. The molecule has 0 aliphatic carbocycles. The van der Waals surface area contributed by atoms with Gasteiger partial charge in [0.15, 0.2) is 0 Å². The van der Waals surface area contributed by atoms with E-state index in [1.807, 2.05) is 31.2 Å². The lowest BCUT2D eigenvalue weighted by Crippen LogP contribution is -1.97. The molecule has 0 spiro atoms. The van der Waals surface area contributed by atoms with Crippen molar-refractivity contribution in [3.8, 4) is 5.75 Å². The molecule has 0 amide bonds. The van der Waals surface area contributed by atoms with Gasteiger partial charge in [0.25, 0.3) is 0 Å². The van der Waals surface area contributed by atoms with Crippen LogP contribution in [0.5, 0.6) is 5.75 Å². The van der Waals surface area contributed by atoms with Gasteiger partial charge in [-0.05, 0) is 55.4 Å². The quantitative estimate of drug-likeness (QED) is 0.482. The molecule has 1 heterocycles. The predicted octanol–water partition coefficient (Wildman–Crippen LogP) is 3.70. The SMILES string of the molecule is CCCCCOc1ccc(/C=N/n2c(C)n[nH]c2=S)cc1. The van der Waals surface area contributed by atoms with Crippen molar-refractivity contribution in [2.24, 2.45) is 5.10 Å². The molecule has 0 aliphatic rings. The molecular formula is C15H20N4OS. The number of rotatable bonds is 7. The number of H-pyrrole nitrogens is 1. The van der Waals surface area contributed by atoms with E-state index < -0.39 is 0 Å². The average molecular weight is 304 g/mol. The van der Waals surface area contributed by atoms with E-state index in [1.54, 1.807) is 10.9 Å². The van der Waals surface area contributed by atoms with Crippen molar-refractivity contribution in [1.82, 2.24) is 14.9 Å². The minimum absolute atomic E-state index is 0.486. The van der Waals surface area contributed by atoms with E-state index in [0.717, 1.165) is 30.2 Å². The van der Waals surface area contributed by atoms with E-state index in [4.69, 9.17) is 17.0 Å². The smallest absolute Gasteiger partial charge is 0.216 e. The van der Waals surface area contributed by atoms with E-state index in [0.29, 0.717) is 4.77 Å². The van der Waals surface area contributed by atoms with Crippen LogP contribution in [0.3, 0.4) is 0 Å². The predicted molar refractivity (Wildman–Crippen MR) is 86.6 cm³/mol. The molecule has 0 aliphatic heterocycles. The highest BCUT2D eigenvalue weighted by molar-refractivity contribution is 7.71. The van der Waals surface area contributed by atoms with Gasteiger partial charge in [-0.15, -0.1) is 0 Å². The molecule has 5 nitrogen and oxygen atoms in total. The Bertz CT molecular complexity index is 642. The Balaban J connectivity index is 1.95. The molecule has 1 aromatic heterocycles. The van der Waals surface area contributed by atoms with E-state index in [2.05, 4.69) is 22.2 Å². The first-order valence-corrected chi connectivity index (χ1v) is 7.52. The molecule has 0 saturated carbocycles. The van der Waals surface area contributed by atoms with Gasteiger partial charge in [-0.3, -0.25) is 5.10 Å². The van der Waals surface area contributed by atoms with Gasteiger partial charge >= 0.3 is 0 Å². The Kier molecular flexibility index (Phi) is 5.68. The van der Waals surface area contributed by atoms with Gasteiger partial charge in [-0.25, -0.2) is 0 Å². The van der Waals surface area contributed by atoms with Crippen LogP contribution in [0, 0.1) is 11.7 Å². The van der Waals surface area contributed by atoms with E-state index in [-0.39, 0.29) is 0 Å². The van der Waals surface area contributed by atoms with Crippen LogP contribution >= 0.6 is 12.2 Å². The second-order valence-electron chi connectivity index (χ2n) is 4.76. The maximum Gasteiger partial charge on any atom is 0.216 e. The van der Waals surface area contributed by atoms with Crippen molar-refractivity contribution in [2.75, 3.05) is 6.61 Å². The number of unbranched alkanes of at least 4 members (excludes halogenated alkanes) is 2. The standard InChI is InChI=1S/C15H20N4OS/c1-3-4-5-10-20-14-8-6-13(7-9-14)11-16-19-12(2)17-18-15(19)21/h6-9,11H,3-5,10H2,1-2H3,(H,18,21)/b16-11+. The number of benzene rings is 1. The number of aromatic amines is 1. The molecule has 2 aromatic rings. The number of nitrogens with zero attached hydrogens (tertiary/aromatic N) is 3. The maximum absolute atomic E-state index is 5.67. The molecule has 0 fully saturated rings. The largest absolute Gasteiger partial charge is 0.494 e. The summed E-state index contributed by atoms with van der Waals surface area (Å²) in [5.74, 6) is 1.62. The first kappa shape index (κ1) is 15.4. The molecular weight excluding hydrogens is 284 g/mol. The molecule has 1 N–H and O–H groups in total. The Morgan fingerprint density at radius 1 is 1.33 bits per heavy atom. The van der Waals surface area contributed by atoms with Gasteiger partial charge in [-0.2, -0.15) is 14.9 Å².